The molecule has 0 spiro atoms. The van der Waals surface area contributed by atoms with Crippen molar-refractivity contribution >= 4 is 0 Å². The molecule has 0 aromatic heterocycles. The first-order chi connectivity index (χ1) is 9.37. The summed E-state index contributed by atoms with van der Waals surface area (Å²) in [6.45, 7) is 4.05. The molecule has 0 amide bonds. The molecule has 0 aliphatic heterocycles. The summed E-state index contributed by atoms with van der Waals surface area (Å²) in [6, 6.07) is 5.59. The third-order valence-electron chi connectivity index (χ3n) is 3.20. The molecule has 1 aromatic rings. The summed E-state index contributed by atoms with van der Waals surface area (Å²) < 4.78 is 40.4. The lowest BCUT2D eigenvalue weighted by Gasteiger charge is -2.23. The lowest BCUT2D eigenvalue weighted by atomic mass is 9.88. The van der Waals surface area contributed by atoms with E-state index >= 15 is 0 Å². The largest absolute Gasteiger partial charge is 0.573 e. The number of halogens is 3. The van der Waals surface area contributed by atoms with Crippen LogP contribution in [0.15, 0.2) is 24.3 Å². The summed E-state index contributed by atoms with van der Waals surface area (Å²) in [4.78, 5) is 0. The number of ether oxygens (including phenoxy) is 1. The average Bonchev–Trinajstić information content (AvgIpc) is 2.36. The van der Waals surface area contributed by atoms with Gasteiger partial charge in [0.15, 0.2) is 0 Å². The van der Waals surface area contributed by atoms with E-state index in [1.54, 1.807) is 6.07 Å². The molecule has 1 unspecified atom stereocenters. The lowest BCUT2D eigenvalue weighted by Crippen LogP contribution is -2.18. The molecule has 0 saturated carbocycles. The van der Waals surface area contributed by atoms with Gasteiger partial charge in [-0.25, -0.2) is 0 Å². The first-order valence-electron chi connectivity index (χ1n) is 6.91. The maximum Gasteiger partial charge on any atom is 0.573 e. The van der Waals surface area contributed by atoms with Crippen LogP contribution in [0.2, 0.25) is 0 Å². The normalized spacial score (nSPS) is 13.6. The fourth-order valence-corrected chi connectivity index (χ4v) is 2.37. The van der Waals surface area contributed by atoms with E-state index in [4.69, 9.17) is 0 Å². The summed E-state index contributed by atoms with van der Waals surface area (Å²) >= 11 is 0. The number of rotatable bonds is 7. The fraction of sp³-hybridized carbons (Fsp3) is 0.600. The van der Waals surface area contributed by atoms with Crippen molar-refractivity contribution in [2.45, 2.75) is 52.0 Å². The predicted molar refractivity (Wildman–Crippen MR) is 71.4 cm³/mol. The summed E-state index contributed by atoms with van der Waals surface area (Å²) in [7, 11) is 0. The van der Waals surface area contributed by atoms with E-state index in [1.165, 1.54) is 18.2 Å². The standard InChI is InChI=1S/C15H21F3O2/c1-3-6-11(7-4-2)14(19)12-8-5-9-13(10-12)20-15(16,17)18/h5,8-11,14,19H,3-4,6-7H2,1-2H3. The highest BCUT2D eigenvalue weighted by Gasteiger charge is 2.31. The molecule has 0 heterocycles. The van der Waals surface area contributed by atoms with Crippen molar-refractivity contribution in [3.8, 4) is 5.75 Å². The first-order valence-corrected chi connectivity index (χ1v) is 6.91. The number of benzene rings is 1. The summed E-state index contributed by atoms with van der Waals surface area (Å²) in [5, 5.41) is 10.3. The Hall–Kier alpha value is -1.23. The third kappa shape index (κ3) is 5.41. The van der Waals surface area contributed by atoms with Crippen LogP contribution in [0.25, 0.3) is 0 Å². The molecule has 0 fully saturated rings. The molecule has 20 heavy (non-hydrogen) atoms. The Morgan fingerprint density at radius 1 is 1.15 bits per heavy atom. The smallest absolute Gasteiger partial charge is 0.406 e. The zero-order valence-electron chi connectivity index (χ0n) is 11.8. The van der Waals surface area contributed by atoms with E-state index in [1.807, 2.05) is 13.8 Å². The molecule has 0 aliphatic rings. The number of aliphatic hydroxyl groups excluding tert-OH is 1. The predicted octanol–water partition coefficient (Wildman–Crippen LogP) is 4.84. The highest BCUT2D eigenvalue weighted by atomic mass is 19.4. The second-order valence-corrected chi connectivity index (χ2v) is 4.90. The topological polar surface area (TPSA) is 29.5 Å². The second-order valence-electron chi connectivity index (χ2n) is 4.90. The molecule has 114 valence electrons. The van der Waals surface area contributed by atoms with Gasteiger partial charge in [-0.05, 0) is 36.5 Å². The molecule has 0 saturated heterocycles. The number of hydrogen-bond donors (Lipinski definition) is 1. The SMILES string of the molecule is CCCC(CCC)C(O)c1cccc(OC(F)(F)F)c1. The van der Waals surface area contributed by atoms with Gasteiger partial charge >= 0.3 is 6.36 Å². The lowest BCUT2D eigenvalue weighted by molar-refractivity contribution is -0.274. The van der Waals surface area contributed by atoms with E-state index in [0.717, 1.165) is 25.7 Å². The molecule has 1 rings (SSSR count). The zero-order valence-corrected chi connectivity index (χ0v) is 11.8. The van der Waals surface area contributed by atoms with Gasteiger partial charge in [0.05, 0.1) is 6.10 Å². The second kappa shape index (κ2) is 7.53. The molecule has 5 heteroatoms. The van der Waals surface area contributed by atoms with Crippen molar-refractivity contribution in [2.24, 2.45) is 5.92 Å². The van der Waals surface area contributed by atoms with Crippen molar-refractivity contribution in [3.05, 3.63) is 29.8 Å². The van der Waals surface area contributed by atoms with Crippen LogP contribution in [0.5, 0.6) is 5.75 Å². The number of alkyl halides is 3. The summed E-state index contributed by atoms with van der Waals surface area (Å²) in [5.41, 5.74) is 0.471. The summed E-state index contributed by atoms with van der Waals surface area (Å²) in [6.07, 6.45) is -1.91. The van der Waals surface area contributed by atoms with Gasteiger partial charge in [-0.1, -0.05) is 38.8 Å². The zero-order chi connectivity index (χ0) is 15.2. The van der Waals surface area contributed by atoms with Crippen molar-refractivity contribution in [1.82, 2.24) is 0 Å². The van der Waals surface area contributed by atoms with Crippen LogP contribution in [0.1, 0.15) is 51.2 Å². The van der Waals surface area contributed by atoms with Crippen LogP contribution in [0.4, 0.5) is 13.2 Å². The monoisotopic (exact) mass is 290 g/mol. The van der Waals surface area contributed by atoms with Crippen LogP contribution in [0.3, 0.4) is 0 Å². The van der Waals surface area contributed by atoms with E-state index < -0.39 is 12.5 Å². The van der Waals surface area contributed by atoms with Gasteiger partial charge < -0.3 is 9.84 Å². The Kier molecular flexibility index (Phi) is 6.33. The van der Waals surface area contributed by atoms with Crippen LogP contribution < -0.4 is 4.74 Å². The van der Waals surface area contributed by atoms with Crippen molar-refractivity contribution in [3.63, 3.8) is 0 Å². The Balaban J connectivity index is 2.86. The number of aliphatic hydroxyl groups is 1. The molecule has 0 aliphatic carbocycles. The quantitative estimate of drug-likeness (QED) is 0.779. The van der Waals surface area contributed by atoms with Gasteiger partial charge in [0, 0.05) is 0 Å². The molecule has 1 aromatic carbocycles. The first kappa shape index (κ1) is 16.8. The Morgan fingerprint density at radius 2 is 1.75 bits per heavy atom. The van der Waals surface area contributed by atoms with Gasteiger partial charge in [0.1, 0.15) is 5.75 Å². The van der Waals surface area contributed by atoms with Crippen LogP contribution >= 0.6 is 0 Å². The highest BCUT2D eigenvalue weighted by Crippen LogP contribution is 2.32. The van der Waals surface area contributed by atoms with E-state index in [-0.39, 0.29) is 11.7 Å². The van der Waals surface area contributed by atoms with E-state index in [0.29, 0.717) is 5.56 Å². The van der Waals surface area contributed by atoms with Crippen molar-refractivity contribution in [2.75, 3.05) is 0 Å². The maximum absolute atomic E-state index is 12.2. The molecular formula is C15H21F3O2. The molecule has 1 atom stereocenters. The maximum atomic E-state index is 12.2. The van der Waals surface area contributed by atoms with Crippen LogP contribution in [0, 0.1) is 5.92 Å². The minimum absolute atomic E-state index is 0.0612. The average molecular weight is 290 g/mol. The third-order valence-corrected chi connectivity index (χ3v) is 3.20. The highest BCUT2D eigenvalue weighted by molar-refractivity contribution is 5.30. The summed E-state index contributed by atoms with van der Waals surface area (Å²) in [5.74, 6) is -0.230. The van der Waals surface area contributed by atoms with Gasteiger partial charge in [-0.2, -0.15) is 0 Å². The number of hydrogen-bond acceptors (Lipinski definition) is 2. The van der Waals surface area contributed by atoms with Crippen LogP contribution in [-0.4, -0.2) is 11.5 Å². The van der Waals surface area contributed by atoms with E-state index in [2.05, 4.69) is 4.74 Å². The molecule has 1 N–H and O–H groups in total. The fourth-order valence-electron chi connectivity index (χ4n) is 2.37. The Bertz CT molecular complexity index is 398. The molecule has 0 radical (unpaired) electrons. The van der Waals surface area contributed by atoms with Gasteiger partial charge in [0.25, 0.3) is 0 Å². The minimum atomic E-state index is -4.71. The van der Waals surface area contributed by atoms with Crippen molar-refractivity contribution in [1.29, 1.82) is 0 Å². The van der Waals surface area contributed by atoms with Gasteiger partial charge in [-0.3, -0.25) is 0 Å². The molecule has 0 bridgehead atoms. The molecular weight excluding hydrogens is 269 g/mol. The Morgan fingerprint density at radius 3 is 2.25 bits per heavy atom. The minimum Gasteiger partial charge on any atom is -0.406 e. The van der Waals surface area contributed by atoms with E-state index in [9.17, 15) is 18.3 Å². The van der Waals surface area contributed by atoms with Gasteiger partial charge in [0.2, 0.25) is 0 Å². The Labute approximate surface area is 117 Å². The van der Waals surface area contributed by atoms with Crippen LogP contribution in [-0.2, 0) is 0 Å². The molecule has 2 nitrogen and oxygen atoms in total. The van der Waals surface area contributed by atoms with Crippen molar-refractivity contribution < 1.29 is 23.0 Å². The van der Waals surface area contributed by atoms with Gasteiger partial charge in [-0.15, -0.1) is 13.2 Å².